The average molecular weight is 773 g/mol. The number of hydrogen-bond acceptors (Lipinski definition) is 13. The van der Waals surface area contributed by atoms with Crippen LogP contribution in [0.15, 0.2) is 24.3 Å². The Bertz CT molecular complexity index is 1490. The largest absolute Gasteiger partial charge is 0.459 e. The lowest BCUT2D eigenvalue weighted by atomic mass is 9.79. The minimum Gasteiger partial charge on any atom is -0.459 e. The highest BCUT2D eigenvalue weighted by Gasteiger charge is 2.69. The van der Waals surface area contributed by atoms with Gasteiger partial charge in [-0.1, -0.05) is 27.0 Å². The standard InChI is InChI=1S/C42H60O13/c1-19-13-23-5-7-27-20(2)14-25(46-27)9-11-42-18-33-38(54-42)39-40(52-33)41(55-42)37-29(51-39)8-6-24(48-37)15-34(45)53-36-22(4)35-31(16-26(44)28(50-35)10-12-43)49-32(36)17-30(47-23)21(19)3/h19,22-33,35-41,43-44H,2-3,5-18H2,1,4H3/t19-,22+,23+,24-,25+,26-,27?,28-,29+,30?,31+,32+,33?,35+,36?,37+,38?,39+,40-,41?,42+/m1/s1. The fourth-order valence-electron chi connectivity index (χ4n) is 11.9. The molecule has 12 bridgehead atoms. The highest BCUT2D eigenvalue weighted by atomic mass is 16.8. The minimum atomic E-state index is -0.808. The molecule has 0 saturated carbocycles. The Labute approximate surface area is 323 Å². The zero-order valence-corrected chi connectivity index (χ0v) is 32.2. The molecule has 0 aromatic rings. The summed E-state index contributed by atoms with van der Waals surface area (Å²) in [6.45, 7) is 13.1. The molecule has 0 aromatic carbocycles. The highest BCUT2D eigenvalue weighted by Crippen LogP contribution is 2.54. The molecule has 0 aromatic heterocycles. The van der Waals surface area contributed by atoms with E-state index in [4.69, 9.17) is 47.4 Å². The van der Waals surface area contributed by atoms with Gasteiger partial charge in [0.25, 0.3) is 0 Å². The van der Waals surface area contributed by atoms with Gasteiger partial charge < -0.3 is 57.6 Å². The second-order valence-electron chi connectivity index (χ2n) is 18.5. The van der Waals surface area contributed by atoms with Gasteiger partial charge in [-0.3, -0.25) is 4.79 Å². The predicted octanol–water partition coefficient (Wildman–Crippen LogP) is 3.59. The summed E-state index contributed by atoms with van der Waals surface area (Å²) in [5.41, 5.74) is 2.14. The minimum absolute atomic E-state index is 0.00281. The van der Waals surface area contributed by atoms with Gasteiger partial charge in [-0.05, 0) is 68.4 Å². The number of carbonyl (C=O) groups excluding carboxylic acids is 1. The van der Waals surface area contributed by atoms with Crippen LogP contribution in [-0.2, 0) is 52.2 Å². The van der Waals surface area contributed by atoms with E-state index < -0.39 is 48.5 Å². The predicted molar refractivity (Wildman–Crippen MR) is 193 cm³/mol. The molecule has 0 amide bonds. The molecule has 13 nitrogen and oxygen atoms in total. The van der Waals surface area contributed by atoms with E-state index in [9.17, 15) is 15.0 Å². The van der Waals surface area contributed by atoms with Gasteiger partial charge in [0.05, 0.1) is 79.7 Å². The maximum absolute atomic E-state index is 14.0. The van der Waals surface area contributed by atoms with E-state index in [1.165, 1.54) is 0 Å². The maximum atomic E-state index is 14.0. The van der Waals surface area contributed by atoms with Crippen molar-refractivity contribution in [2.45, 2.75) is 213 Å². The van der Waals surface area contributed by atoms with Crippen LogP contribution < -0.4 is 0 Å². The van der Waals surface area contributed by atoms with Crippen LogP contribution in [0.25, 0.3) is 0 Å². The molecule has 13 heteroatoms. The van der Waals surface area contributed by atoms with E-state index in [2.05, 4.69) is 20.1 Å². The molecular formula is C42H60O13. The van der Waals surface area contributed by atoms with E-state index in [-0.39, 0.29) is 98.0 Å². The van der Waals surface area contributed by atoms with E-state index >= 15 is 0 Å². The van der Waals surface area contributed by atoms with Gasteiger partial charge in [0, 0.05) is 38.2 Å². The molecule has 11 heterocycles. The highest BCUT2D eigenvalue weighted by molar-refractivity contribution is 5.70. The Kier molecular flexibility index (Phi) is 10.1. The molecule has 11 rings (SSSR count). The van der Waals surface area contributed by atoms with E-state index in [0.29, 0.717) is 38.5 Å². The van der Waals surface area contributed by atoms with Crippen LogP contribution in [0, 0.1) is 11.8 Å². The first-order chi connectivity index (χ1) is 26.5. The van der Waals surface area contributed by atoms with Gasteiger partial charge in [0.1, 0.15) is 36.6 Å². The number of aliphatic hydroxyl groups is 2. The molecule has 11 fully saturated rings. The van der Waals surface area contributed by atoms with Crippen molar-refractivity contribution >= 4 is 5.97 Å². The Morgan fingerprint density at radius 3 is 2.27 bits per heavy atom. The third kappa shape index (κ3) is 6.79. The van der Waals surface area contributed by atoms with Crippen molar-refractivity contribution in [3.05, 3.63) is 24.3 Å². The second-order valence-corrected chi connectivity index (χ2v) is 18.5. The van der Waals surface area contributed by atoms with Crippen molar-refractivity contribution in [1.29, 1.82) is 0 Å². The number of ether oxygens (including phenoxy) is 10. The lowest BCUT2D eigenvalue weighted by Gasteiger charge is -2.51. The number of aliphatic hydroxyl groups excluding tert-OH is 2. The van der Waals surface area contributed by atoms with Crippen molar-refractivity contribution < 1.29 is 62.4 Å². The summed E-state index contributed by atoms with van der Waals surface area (Å²) in [4.78, 5) is 14.0. The van der Waals surface area contributed by atoms with Crippen LogP contribution >= 0.6 is 0 Å². The van der Waals surface area contributed by atoms with Crippen LogP contribution in [0.1, 0.15) is 97.3 Å². The summed E-state index contributed by atoms with van der Waals surface area (Å²) in [6, 6.07) is 0. The summed E-state index contributed by atoms with van der Waals surface area (Å²) >= 11 is 0. The SMILES string of the molecule is C=C1C[C@@H]2CC[C@@]34CC5O[C@H]6C(O3)[C@H]3O[C@H](CC[C@@H]3O[C@H]6C5O4)CC(=O)OC3[C@H](CC4O[C@@H](CCC1O2)C[C@@H](C)C4=C)O[C@H]1C[C@@H](O)[C@@H](CCO)O[C@H]1[C@@H]3C. The lowest BCUT2D eigenvalue weighted by Crippen LogP contribution is -2.62. The Morgan fingerprint density at radius 1 is 0.673 bits per heavy atom. The maximum Gasteiger partial charge on any atom is 0.308 e. The molecule has 11 saturated heterocycles. The van der Waals surface area contributed by atoms with Crippen LogP contribution in [0.3, 0.4) is 0 Å². The fourth-order valence-corrected chi connectivity index (χ4v) is 11.9. The molecule has 11 aliphatic heterocycles. The smallest absolute Gasteiger partial charge is 0.308 e. The number of fused-ring (bicyclic) bond motifs is 7. The topological polar surface area (TPSA) is 150 Å². The Balaban J connectivity index is 0.934. The first kappa shape index (κ1) is 37.8. The molecular weight excluding hydrogens is 712 g/mol. The van der Waals surface area contributed by atoms with Gasteiger partial charge in [-0.25, -0.2) is 0 Å². The van der Waals surface area contributed by atoms with Crippen molar-refractivity contribution in [1.82, 2.24) is 0 Å². The quantitative estimate of drug-likeness (QED) is 0.312. The molecule has 0 radical (unpaired) electrons. The van der Waals surface area contributed by atoms with Gasteiger partial charge in [-0.2, -0.15) is 0 Å². The van der Waals surface area contributed by atoms with Crippen LogP contribution in [0.2, 0.25) is 0 Å². The summed E-state index contributed by atoms with van der Waals surface area (Å²) in [5, 5.41) is 20.6. The zero-order valence-electron chi connectivity index (χ0n) is 32.2. The summed E-state index contributed by atoms with van der Waals surface area (Å²) in [5.74, 6) is -1.18. The number of hydrogen-bond donors (Lipinski definition) is 2. The molecule has 6 unspecified atom stereocenters. The summed E-state index contributed by atoms with van der Waals surface area (Å²) in [7, 11) is 0. The first-order valence-electron chi connectivity index (χ1n) is 21.3. The normalized spacial score (nSPS) is 54.9. The van der Waals surface area contributed by atoms with Gasteiger partial charge in [0.2, 0.25) is 0 Å². The number of esters is 1. The van der Waals surface area contributed by atoms with Gasteiger partial charge in [0.15, 0.2) is 5.79 Å². The third-order valence-electron chi connectivity index (χ3n) is 14.8. The summed E-state index contributed by atoms with van der Waals surface area (Å²) < 4.78 is 66.9. The molecule has 306 valence electrons. The van der Waals surface area contributed by atoms with E-state index in [0.717, 1.165) is 49.7 Å². The Hall–Kier alpha value is -1.49. The number of carbonyl (C=O) groups is 1. The fraction of sp³-hybridized carbons (Fsp3) is 0.881. The number of rotatable bonds is 2. The van der Waals surface area contributed by atoms with Crippen LogP contribution in [0.4, 0.5) is 0 Å². The van der Waals surface area contributed by atoms with Crippen molar-refractivity contribution in [3.8, 4) is 0 Å². The average Bonchev–Trinajstić information content (AvgIpc) is 3.74. The van der Waals surface area contributed by atoms with Gasteiger partial charge >= 0.3 is 5.97 Å². The monoisotopic (exact) mass is 772 g/mol. The molecule has 21 atom stereocenters. The third-order valence-corrected chi connectivity index (χ3v) is 14.8. The first-order valence-corrected chi connectivity index (χ1v) is 21.3. The van der Waals surface area contributed by atoms with Crippen LogP contribution in [-0.4, -0.2) is 138 Å². The van der Waals surface area contributed by atoms with Crippen LogP contribution in [0.5, 0.6) is 0 Å². The molecule has 2 N–H and O–H groups in total. The Morgan fingerprint density at radius 2 is 1.42 bits per heavy atom. The molecule has 1 spiro atoms. The lowest BCUT2D eigenvalue weighted by molar-refractivity contribution is -0.293. The summed E-state index contributed by atoms with van der Waals surface area (Å²) in [6.07, 6.45) is 2.38. The zero-order chi connectivity index (χ0) is 37.7. The molecule has 0 aliphatic carbocycles. The molecule has 55 heavy (non-hydrogen) atoms. The second kappa shape index (κ2) is 14.7. The van der Waals surface area contributed by atoms with Gasteiger partial charge in [-0.15, -0.1) is 0 Å². The van der Waals surface area contributed by atoms with E-state index in [1.54, 1.807) is 0 Å². The van der Waals surface area contributed by atoms with Crippen molar-refractivity contribution in [2.24, 2.45) is 11.8 Å². The van der Waals surface area contributed by atoms with Crippen molar-refractivity contribution in [3.63, 3.8) is 0 Å². The molecule has 11 aliphatic rings. The van der Waals surface area contributed by atoms with E-state index in [1.807, 2.05) is 6.92 Å². The van der Waals surface area contributed by atoms with Crippen molar-refractivity contribution in [2.75, 3.05) is 6.61 Å².